The Kier molecular flexibility index (Phi) is 2.70. The molecule has 1 heterocycles. The van der Waals surface area contributed by atoms with Gasteiger partial charge in [0, 0.05) is 18.0 Å². The molecule has 0 amide bonds. The van der Waals surface area contributed by atoms with Crippen LogP contribution in [0.25, 0.3) is 5.69 Å². The molecule has 0 saturated carbocycles. The van der Waals surface area contributed by atoms with Gasteiger partial charge in [-0.3, -0.25) is 0 Å². The zero-order chi connectivity index (χ0) is 10.8. The Hall–Kier alpha value is -1.39. The minimum atomic E-state index is 0.298. The van der Waals surface area contributed by atoms with Crippen molar-refractivity contribution in [3.63, 3.8) is 0 Å². The molecule has 0 bridgehead atoms. The predicted molar refractivity (Wildman–Crippen MR) is 64.5 cm³/mol. The van der Waals surface area contributed by atoms with Gasteiger partial charge in [-0.25, -0.2) is 4.68 Å². The largest absolute Gasteiger partial charge is 0.389 e. The molecule has 0 aliphatic rings. The third-order valence-corrected chi connectivity index (χ3v) is 2.52. The number of aromatic nitrogens is 2. The lowest BCUT2D eigenvalue weighted by Gasteiger charge is -2.05. The van der Waals surface area contributed by atoms with Crippen molar-refractivity contribution in [2.75, 3.05) is 0 Å². The van der Waals surface area contributed by atoms with Crippen LogP contribution in [-0.4, -0.2) is 14.8 Å². The summed E-state index contributed by atoms with van der Waals surface area (Å²) in [7, 11) is 0. The third kappa shape index (κ3) is 2.00. The van der Waals surface area contributed by atoms with Gasteiger partial charge in [-0.2, -0.15) is 5.10 Å². The lowest BCUT2D eigenvalue weighted by molar-refractivity contribution is 0.880. The summed E-state index contributed by atoms with van der Waals surface area (Å²) in [5.41, 5.74) is 7.07. The molecule has 0 atom stereocenters. The second-order valence-corrected chi connectivity index (χ2v) is 3.83. The summed E-state index contributed by atoms with van der Waals surface area (Å²) >= 11 is 10.9. The van der Waals surface area contributed by atoms with Crippen LogP contribution in [0.1, 0.15) is 5.56 Å². The van der Waals surface area contributed by atoms with E-state index in [0.717, 1.165) is 5.69 Å². The van der Waals surface area contributed by atoms with E-state index in [9.17, 15) is 0 Å². The van der Waals surface area contributed by atoms with Crippen molar-refractivity contribution in [1.29, 1.82) is 0 Å². The topological polar surface area (TPSA) is 43.8 Å². The molecule has 5 heteroatoms. The number of rotatable bonds is 2. The summed E-state index contributed by atoms with van der Waals surface area (Å²) < 4.78 is 1.72. The normalized spacial score (nSPS) is 10.2. The van der Waals surface area contributed by atoms with E-state index in [1.165, 1.54) is 0 Å². The monoisotopic (exact) mass is 237 g/mol. The Bertz CT molecular complexity index is 493. The minimum Gasteiger partial charge on any atom is -0.389 e. The highest BCUT2D eigenvalue weighted by Crippen LogP contribution is 2.19. The number of benzene rings is 1. The Labute approximate surface area is 97.5 Å². The van der Waals surface area contributed by atoms with Gasteiger partial charge in [0.05, 0.1) is 10.7 Å². The Balaban J connectivity index is 2.47. The molecule has 0 fully saturated rings. The van der Waals surface area contributed by atoms with Crippen LogP contribution >= 0.6 is 23.8 Å². The highest BCUT2D eigenvalue weighted by atomic mass is 35.5. The zero-order valence-corrected chi connectivity index (χ0v) is 9.29. The molecule has 0 aliphatic heterocycles. The van der Waals surface area contributed by atoms with Gasteiger partial charge >= 0.3 is 0 Å². The second kappa shape index (κ2) is 4.00. The fourth-order valence-corrected chi connectivity index (χ4v) is 1.78. The van der Waals surface area contributed by atoms with Crippen molar-refractivity contribution < 1.29 is 0 Å². The molecule has 0 radical (unpaired) electrons. The Morgan fingerprint density at radius 2 is 2.27 bits per heavy atom. The second-order valence-electron chi connectivity index (χ2n) is 2.98. The SMILES string of the molecule is NC(=S)c1ccc(-n2cccn2)cc1Cl. The maximum absolute atomic E-state index is 6.03. The summed E-state index contributed by atoms with van der Waals surface area (Å²) in [6.45, 7) is 0. The van der Waals surface area contributed by atoms with Crippen LogP contribution in [0.5, 0.6) is 0 Å². The third-order valence-electron chi connectivity index (χ3n) is 1.99. The minimum absolute atomic E-state index is 0.298. The summed E-state index contributed by atoms with van der Waals surface area (Å²) in [5.74, 6) is 0. The van der Waals surface area contributed by atoms with Gasteiger partial charge in [0.25, 0.3) is 0 Å². The number of thiocarbonyl (C=S) groups is 1. The first-order valence-corrected chi connectivity index (χ1v) is 5.06. The van der Waals surface area contributed by atoms with Crippen molar-refractivity contribution in [2.45, 2.75) is 0 Å². The molecule has 2 aromatic rings. The first-order valence-electron chi connectivity index (χ1n) is 4.28. The van der Waals surface area contributed by atoms with E-state index in [1.807, 2.05) is 18.3 Å². The van der Waals surface area contributed by atoms with Crippen molar-refractivity contribution in [3.8, 4) is 5.69 Å². The first kappa shape index (κ1) is 10.1. The molecule has 2 N–H and O–H groups in total. The molecule has 3 nitrogen and oxygen atoms in total. The molecular formula is C10H8ClN3S. The van der Waals surface area contributed by atoms with E-state index < -0.39 is 0 Å². The van der Waals surface area contributed by atoms with E-state index in [4.69, 9.17) is 29.6 Å². The van der Waals surface area contributed by atoms with Gasteiger partial charge in [0.2, 0.25) is 0 Å². The molecule has 0 aliphatic carbocycles. The highest BCUT2D eigenvalue weighted by Gasteiger charge is 2.05. The van der Waals surface area contributed by atoms with Crippen LogP contribution in [0.4, 0.5) is 0 Å². The van der Waals surface area contributed by atoms with Gasteiger partial charge in [-0.1, -0.05) is 23.8 Å². The summed E-state index contributed by atoms with van der Waals surface area (Å²) in [4.78, 5) is 0.298. The van der Waals surface area contributed by atoms with Gasteiger partial charge in [-0.15, -0.1) is 0 Å². The smallest absolute Gasteiger partial charge is 0.105 e. The van der Waals surface area contributed by atoms with Crippen LogP contribution in [0.3, 0.4) is 0 Å². The number of nitrogens with zero attached hydrogens (tertiary/aromatic N) is 2. The Morgan fingerprint density at radius 1 is 1.47 bits per heavy atom. The molecule has 2 rings (SSSR count). The quantitative estimate of drug-likeness (QED) is 0.815. The van der Waals surface area contributed by atoms with E-state index in [0.29, 0.717) is 15.6 Å². The van der Waals surface area contributed by atoms with Gasteiger partial charge in [0.15, 0.2) is 0 Å². The predicted octanol–water partition coefficient (Wildman–Crippen LogP) is 2.16. The van der Waals surface area contributed by atoms with Crippen LogP contribution in [-0.2, 0) is 0 Å². The molecule has 76 valence electrons. The molecule has 0 saturated heterocycles. The first-order chi connectivity index (χ1) is 7.18. The molecule has 1 aromatic carbocycles. The lowest BCUT2D eigenvalue weighted by Crippen LogP contribution is -2.10. The van der Waals surface area contributed by atoms with Crippen LogP contribution in [0.2, 0.25) is 5.02 Å². The maximum Gasteiger partial charge on any atom is 0.105 e. The van der Waals surface area contributed by atoms with Crippen molar-refractivity contribution in [1.82, 2.24) is 9.78 Å². The number of halogens is 1. The van der Waals surface area contributed by atoms with Crippen molar-refractivity contribution >= 4 is 28.8 Å². The van der Waals surface area contributed by atoms with E-state index in [-0.39, 0.29) is 0 Å². The standard InChI is InChI=1S/C10H8ClN3S/c11-9-6-7(14-5-1-4-13-14)2-3-8(9)10(12)15/h1-6H,(H2,12,15). The van der Waals surface area contributed by atoms with Gasteiger partial charge in [-0.05, 0) is 24.3 Å². The number of hydrogen-bond acceptors (Lipinski definition) is 2. The van der Waals surface area contributed by atoms with E-state index in [1.54, 1.807) is 23.0 Å². The van der Waals surface area contributed by atoms with Crippen LogP contribution in [0, 0.1) is 0 Å². The highest BCUT2D eigenvalue weighted by molar-refractivity contribution is 7.80. The average molecular weight is 238 g/mol. The van der Waals surface area contributed by atoms with Gasteiger partial charge < -0.3 is 5.73 Å². The number of nitrogens with two attached hydrogens (primary N) is 1. The average Bonchev–Trinajstić information content (AvgIpc) is 2.69. The fourth-order valence-electron chi connectivity index (χ4n) is 1.27. The van der Waals surface area contributed by atoms with Crippen molar-refractivity contribution in [2.24, 2.45) is 5.73 Å². The fraction of sp³-hybridized carbons (Fsp3) is 0. The van der Waals surface area contributed by atoms with Crippen LogP contribution < -0.4 is 5.73 Å². The molecule has 1 aromatic heterocycles. The lowest BCUT2D eigenvalue weighted by atomic mass is 10.2. The summed E-state index contributed by atoms with van der Waals surface area (Å²) in [6, 6.07) is 7.29. The maximum atomic E-state index is 6.03. The van der Waals surface area contributed by atoms with Gasteiger partial charge in [0.1, 0.15) is 4.99 Å². The summed E-state index contributed by atoms with van der Waals surface area (Å²) in [5, 5.41) is 4.63. The van der Waals surface area contributed by atoms with E-state index >= 15 is 0 Å². The molecular weight excluding hydrogens is 230 g/mol. The van der Waals surface area contributed by atoms with E-state index in [2.05, 4.69) is 5.10 Å². The molecule has 15 heavy (non-hydrogen) atoms. The zero-order valence-electron chi connectivity index (χ0n) is 7.72. The van der Waals surface area contributed by atoms with Crippen LogP contribution in [0.15, 0.2) is 36.7 Å². The molecule has 0 unspecified atom stereocenters. The van der Waals surface area contributed by atoms with Crippen molar-refractivity contribution in [3.05, 3.63) is 47.2 Å². The Morgan fingerprint density at radius 3 is 2.80 bits per heavy atom. The summed E-state index contributed by atoms with van der Waals surface area (Å²) in [6.07, 6.45) is 3.54. The molecule has 0 spiro atoms. The number of hydrogen-bond donors (Lipinski definition) is 1.